The second kappa shape index (κ2) is 7.18. The number of fused-ring (bicyclic) bond motifs is 1. The number of nitrogens with one attached hydrogen (secondary N) is 2. The molecule has 1 aliphatic carbocycles. The van der Waals surface area contributed by atoms with Crippen LogP contribution in [0.25, 0.3) is 0 Å². The first-order valence-corrected chi connectivity index (χ1v) is 11.1. The van der Waals surface area contributed by atoms with Crippen LogP contribution < -0.4 is 14.9 Å². The van der Waals surface area contributed by atoms with E-state index < -0.39 is 10.0 Å². The molecular weight excluding hydrogens is 390 g/mol. The maximum absolute atomic E-state index is 12.9. The fourth-order valence-corrected chi connectivity index (χ4v) is 4.96. The molecule has 0 radical (unpaired) electrons. The average molecular weight is 413 g/mol. The number of nitrogens with zero attached hydrogens (tertiary/aromatic N) is 1. The van der Waals surface area contributed by atoms with Crippen molar-refractivity contribution >= 4 is 38.9 Å². The van der Waals surface area contributed by atoms with Gasteiger partial charge in [-0.25, -0.2) is 8.42 Å². The minimum atomic E-state index is -3.78. The Balaban J connectivity index is 1.54. The lowest BCUT2D eigenvalue weighted by molar-refractivity contribution is -0.119. The van der Waals surface area contributed by atoms with Crippen LogP contribution in [-0.2, 0) is 26.0 Å². The molecular formula is C21H23N3O4S. The van der Waals surface area contributed by atoms with E-state index in [1.54, 1.807) is 31.2 Å². The van der Waals surface area contributed by atoms with Gasteiger partial charge in [0.2, 0.25) is 11.8 Å². The molecule has 0 bridgehead atoms. The second-order valence-corrected chi connectivity index (χ2v) is 9.28. The lowest BCUT2D eigenvalue weighted by Gasteiger charge is -2.17. The summed E-state index contributed by atoms with van der Waals surface area (Å²) in [6.45, 7) is 3.73. The Hall–Kier alpha value is -2.87. The molecule has 0 atom stereocenters. The van der Waals surface area contributed by atoms with E-state index in [1.807, 2.05) is 11.0 Å². The van der Waals surface area contributed by atoms with Crippen molar-refractivity contribution in [2.24, 2.45) is 5.92 Å². The van der Waals surface area contributed by atoms with Crippen molar-refractivity contribution in [1.29, 1.82) is 0 Å². The van der Waals surface area contributed by atoms with E-state index in [0.717, 1.165) is 24.1 Å². The van der Waals surface area contributed by atoms with Crippen LogP contribution in [0.15, 0.2) is 41.3 Å². The molecule has 2 amide bonds. The minimum Gasteiger partial charge on any atom is -0.326 e. The number of benzene rings is 2. The predicted octanol–water partition coefficient (Wildman–Crippen LogP) is 3.05. The Kier molecular flexibility index (Phi) is 4.82. The number of sulfonamides is 1. The average Bonchev–Trinajstić information content (AvgIpc) is 3.40. The molecule has 4 rings (SSSR count). The fraction of sp³-hybridized carbons (Fsp3) is 0.333. The normalized spacial score (nSPS) is 15.7. The van der Waals surface area contributed by atoms with Gasteiger partial charge in [0.05, 0.1) is 4.90 Å². The molecule has 29 heavy (non-hydrogen) atoms. The van der Waals surface area contributed by atoms with E-state index >= 15 is 0 Å². The highest BCUT2D eigenvalue weighted by Crippen LogP contribution is 2.37. The lowest BCUT2D eigenvalue weighted by Crippen LogP contribution is -2.30. The number of hydrogen-bond donors (Lipinski definition) is 2. The number of carbonyl (C=O) groups is 2. The quantitative estimate of drug-likeness (QED) is 0.788. The fourth-order valence-electron chi connectivity index (χ4n) is 3.69. The monoisotopic (exact) mass is 413 g/mol. The van der Waals surface area contributed by atoms with Crippen molar-refractivity contribution in [2.75, 3.05) is 21.5 Å². The van der Waals surface area contributed by atoms with Gasteiger partial charge in [0.1, 0.15) is 0 Å². The molecule has 2 aromatic rings. The summed E-state index contributed by atoms with van der Waals surface area (Å²) in [5, 5.41) is 2.64. The van der Waals surface area contributed by atoms with Crippen LogP contribution in [0, 0.1) is 12.8 Å². The van der Waals surface area contributed by atoms with Crippen LogP contribution in [0.5, 0.6) is 0 Å². The Morgan fingerprint density at radius 3 is 2.45 bits per heavy atom. The molecule has 1 heterocycles. The molecule has 8 heteroatoms. The summed E-state index contributed by atoms with van der Waals surface area (Å²) in [7, 11) is -3.78. The Morgan fingerprint density at radius 2 is 1.79 bits per heavy atom. The summed E-state index contributed by atoms with van der Waals surface area (Å²) in [6.07, 6.45) is 2.64. The molecule has 0 unspecified atom stereocenters. The van der Waals surface area contributed by atoms with Gasteiger partial charge >= 0.3 is 0 Å². The van der Waals surface area contributed by atoms with Crippen LogP contribution in [0.3, 0.4) is 0 Å². The van der Waals surface area contributed by atoms with Crippen molar-refractivity contribution in [1.82, 2.24) is 0 Å². The molecule has 1 fully saturated rings. The molecule has 2 aliphatic rings. The van der Waals surface area contributed by atoms with Gasteiger partial charge in [0.25, 0.3) is 10.0 Å². The molecule has 0 aromatic heterocycles. The van der Waals surface area contributed by atoms with E-state index in [0.29, 0.717) is 29.9 Å². The molecule has 1 aliphatic heterocycles. The predicted molar refractivity (Wildman–Crippen MR) is 112 cm³/mol. The van der Waals surface area contributed by atoms with Crippen LogP contribution in [-0.4, -0.2) is 26.8 Å². The minimum absolute atomic E-state index is 0.151. The number of hydrogen-bond acceptors (Lipinski definition) is 4. The molecule has 7 nitrogen and oxygen atoms in total. The topological polar surface area (TPSA) is 95.6 Å². The second-order valence-electron chi connectivity index (χ2n) is 7.62. The van der Waals surface area contributed by atoms with Gasteiger partial charge in [0, 0.05) is 36.4 Å². The van der Waals surface area contributed by atoms with Gasteiger partial charge < -0.3 is 10.2 Å². The van der Waals surface area contributed by atoms with Gasteiger partial charge in [-0.05, 0) is 73.7 Å². The van der Waals surface area contributed by atoms with Crippen LogP contribution in [0.1, 0.15) is 30.9 Å². The largest absolute Gasteiger partial charge is 0.326 e. The van der Waals surface area contributed by atoms with Gasteiger partial charge in [-0.15, -0.1) is 0 Å². The maximum atomic E-state index is 12.9. The molecule has 0 saturated heterocycles. The standard InChI is InChI=1S/C21H23N3O4S/c1-13-11-17(22-14(2)25)6-8-20(13)29(27,28)23-18-5-7-19-16(12-18)9-10-24(19)21(26)15-3-4-15/h5-8,11-12,15,23H,3-4,9-10H2,1-2H3,(H,22,25). The van der Waals surface area contributed by atoms with E-state index in [9.17, 15) is 18.0 Å². The zero-order valence-corrected chi connectivity index (χ0v) is 17.2. The zero-order valence-electron chi connectivity index (χ0n) is 16.4. The van der Waals surface area contributed by atoms with Crippen LogP contribution >= 0.6 is 0 Å². The summed E-state index contributed by atoms with van der Waals surface area (Å²) in [4.78, 5) is 25.5. The van der Waals surface area contributed by atoms with Crippen molar-refractivity contribution in [3.05, 3.63) is 47.5 Å². The SMILES string of the molecule is CC(=O)Nc1ccc(S(=O)(=O)Nc2ccc3c(c2)CCN3C(=O)C2CC2)c(C)c1. The van der Waals surface area contributed by atoms with Crippen molar-refractivity contribution in [3.8, 4) is 0 Å². The zero-order chi connectivity index (χ0) is 20.8. The first-order chi connectivity index (χ1) is 13.7. The maximum Gasteiger partial charge on any atom is 0.262 e. The smallest absolute Gasteiger partial charge is 0.262 e. The van der Waals surface area contributed by atoms with E-state index in [1.165, 1.54) is 13.0 Å². The first-order valence-electron chi connectivity index (χ1n) is 9.60. The summed E-state index contributed by atoms with van der Waals surface area (Å²) in [5.41, 5.74) is 3.39. The molecule has 2 aromatic carbocycles. The number of amides is 2. The number of rotatable bonds is 5. The van der Waals surface area contributed by atoms with Crippen LogP contribution in [0.4, 0.5) is 17.1 Å². The molecule has 0 spiro atoms. The number of carbonyl (C=O) groups excluding carboxylic acids is 2. The molecule has 1 saturated carbocycles. The van der Waals surface area contributed by atoms with Crippen molar-refractivity contribution in [2.45, 2.75) is 38.0 Å². The van der Waals surface area contributed by atoms with Gasteiger partial charge in [-0.1, -0.05) is 0 Å². The third-order valence-electron chi connectivity index (χ3n) is 5.20. The first kappa shape index (κ1) is 19.4. The summed E-state index contributed by atoms with van der Waals surface area (Å²) < 4.78 is 28.4. The number of anilines is 3. The van der Waals surface area contributed by atoms with E-state index in [-0.39, 0.29) is 22.6 Å². The van der Waals surface area contributed by atoms with Gasteiger partial charge in [-0.2, -0.15) is 0 Å². The third-order valence-corrected chi connectivity index (χ3v) is 6.75. The number of aryl methyl sites for hydroxylation is 1. The van der Waals surface area contributed by atoms with Gasteiger partial charge in [-0.3, -0.25) is 14.3 Å². The Bertz CT molecular complexity index is 1110. The summed E-state index contributed by atoms with van der Waals surface area (Å²) in [5.74, 6) is 0.111. The highest BCUT2D eigenvalue weighted by atomic mass is 32.2. The van der Waals surface area contributed by atoms with Gasteiger partial charge in [0.15, 0.2) is 0 Å². The summed E-state index contributed by atoms with van der Waals surface area (Å²) >= 11 is 0. The summed E-state index contributed by atoms with van der Waals surface area (Å²) in [6, 6.07) is 9.97. The van der Waals surface area contributed by atoms with Crippen LogP contribution in [0.2, 0.25) is 0 Å². The van der Waals surface area contributed by atoms with E-state index in [4.69, 9.17) is 0 Å². The molecule has 2 N–H and O–H groups in total. The van der Waals surface area contributed by atoms with Crippen molar-refractivity contribution < 1.29 is 18.0 Å². The third kappa shape index (κ3) is 3.98. The Labute approximate surface area is 170 Å². The highest BCUT2D eigenvalue weighted by molar-refractivity contribution is 7.92. The molecule has 152 valence electrons. The van der Waals surface area contributed by atoms with E-state index in [2.05, 4.69) is 10.0 Å². The van der Waals surface area contributed by atoms with Crippen molar-refractivity contribution in [3.63, 3.8) is 0 Å². The lowest BCUT2D eigenvalue weighted by atomic mass is 10.1. The Morgan fingerprint density at radius 1 is 1.07 bits per heavy atom. The highest BCUT2D eigenvalue weighted by Gasteiger charge is 2.36.